The van der Waals surface area contributed by atoms with Crippen LogP contribution in [0.5, 0.6) is 0 Å². The Labute approximate surface area is 133 Å². The predicted octanol–water partition coefficient (Wildman–Crippen LogP) is 2.38. The molecule has 0 unspecified atom stereocenters. The van der Waals surface area contributed by atoms with Gasteiger partial charge in [-0.25, -0.2) is 0 Å². The van der Waals surface area contributed by atoms with Crippen LogP contribution in [0.2, 0.25) is 5.15 Å². The summed E-state index contributed by atoms with van der Waals surface area (Å²) < 4.78 is 0. The van der Waals surface area contributed by atoms with Crippen molar-refractivity contribution in [2.45, 2.75) is 12.8 Å². The molecule has 6 nitrogen and oxygen atoms in total. The molecule has 114 valence electrons. The zero-order valence-electron chi connectivity index (χ0n) is 11.9. The van der Waals surface area contributed by atoms with E-state index in [2.05, 4.69) is 25.4 Å². The number of hydrogen-bond acceptors (Lipinski definition) is 5. The van der Waals surface area contributed by atoms with E-state index in [0.29, 0.717) is 5.15 Å². The van der Waals surface area contributed by atoms with E-state index in [1.54, 1.807) is 30.6 Å². The molecule has 0 atom stereocenters. The van der Waals surface area contributed by atoms with Crippen LogP contribution in [-0.4, -0.2) is 34.2 Å². The van der Waals surface area contributed by atoms with Crippen LogP contribution in [-0.2, 0) is 4.79 Å². The smallest absolute Gasteiger partial charge is 0.227 e. The third-order valence-corrected chi connectivity index (χ3v) is 3.96. The van der Waals surface area contributed by atoms with Gasteiger partial charge >= 0.3 is 0 Å². The summed E-state index contributed by atoms with van der Waals surface area (Å²) in [5.74, 6) is 0.884. The zero-order valence-corrected chi connectivity index (χ0v) is 12.7. The Morgan fingerprint density at radius 3 is 2.50 bits per heavy atom. The molecule has 0 radical (unpaired) electrons. The van der Waals surface area contributed by atoms with Crippen LogP contribution >= 0.6 is 11.6 Å². The average Bonchev–Trinajstić information content (AvgIpc) is 2.57. The number of amides is 1. The second kappa shape index (κ2) is 6.70. The monoisotopic (exact) mass is 317 g/mol. The number of pyridine rings is 1. The van der Waals surface area contributed by atoms with Gasteiger partial charge < -0.3 is 10.2 Å². The highest BCUT2D eigenvalue weighted by Crippen LogP contribution is 2.23. The normalized spacial score (nSPS) is 15.6. The Hall–Kier alpha value is -2.21. The predicted molar refractivity (Wildman–Crippen MR) is 84.8 cm³/mol. The van der Waals surface area contributed by atoms with Crippen molar-refractivity contribution in [2.75, 3.05) is 23.3 Å². The Bertz CT molecular complexity index is 626. The van der Waals surface area contributed by atoms with E-state index in [9.17, 15) is 4.79 Å². The summed E-state index contributed by atoms with van der Waals surface area (Å²) in [6.45, 7) is 1.56. The summed E-state index contributed by atoms with van der Waals surface area (Å²) in [6, 6.07) is 7.16. The maximum Gasteiger partial charge on any atom is 0.227 e. The lowest BCUT2D eigenvalue weighted by molar-refractivity contribution is -0.120. The van der Waals surface area contributed by atoms with Gasteiger partial charge in [0.1, 0.15) is 0 Å². The number of rotatable bonds is 3. The molecular formula is C15H16ClN5O. The molecule has 7 heteroatoms. The van der Waals surface area contributed by atoms with Gasteiger partial charge in [-0.2, -0.15) is 0 Å². The van der Waals surface area contributed by atoms with E-state index in [1.807, 2.05) is 6.07 Å². The number of nitrogens with one attached hydrogen (secondary N) is 1. The Kier molecular flexibility index (Phi) is 4.48. The fraction of sp³-hybridized carbons (Fsp3) is 0.333. The Morgan fingerprint density at radius 1 is 1.14 bits per heavy atom. The van der Waals surface area contributed by atoms with E-state index < -0.39 is 0 Å². The minimum Gasteiger partial charge on any atom is -0.355 e. The second-order valence-corrected chi connectivity index (χ2v) is 5.59. The standard InChI is InChI=1S/C15H16ClN5O/c16-13-1-2-14(20-19-13)21-9-5-11(6-10-21)15(22)18-12-3-7-17-8-4-12/h1-4,7-8,11H,5-6,9-10H2,(H,17,18,22). The number of piperidine rings is 1. The first-order valence-corrected chi connectivity index (χ1v) is 7.55. The zero-order chi connectivity index (χ0) is 15.4. The number of carbonyl (C=O) groups is 1. The van der Waals surface area contributed by atoms with Crippen molar-refractivity contribution in [1.82, 2.24) is 15.2 Å². The molecular weight excluding hydrogens is 302 g/mol. The lowest BCUT2D eigenvalue weighted by atomic mass is 9.96. The van der Waals surface area contributed by atoms with Crippen LogP contribution in [0.15, 0.2) is 36.7 Å². The molecule has 3 rings (SSSR count). The van der Waals surface area contributed by atoms with E-state index in [0.717, 1.165) is 37.4 Å². The van der Waals surface area contributed by atoms with Crippen molar-refractivity contribution in [3.05, 3.63) is 41.8 Å². The molecule has 0 bridgehead atoms. The molecule has 2 aromatic heterocycles. The van der Waals surface area contributed by atoms with Gasteiger partial charge in [0.15, 0.2) is 11.0 Å². The van der Waals surface area contributed by atoms with E-state index in [-0.39, 0.29) is 11.8 Å². The average molecular weight is 318 g/mol. The van der Waals surface area contributed by atoms with E-state index in [1.165, 1.54) is 0 Å². The topological polar surface area (TPSA) is 71.0 Å². The van der Waals surface area contributed by atoms with Crippen molar-refractivity contribution in [2.24, 2.45) is 5.92 Å². The molecule has 1 amide bonds. The number of anilines is 2. The number of carbonyl (C=O) groups excluding carboxylic acids is 1. The van der Waals surface area contributed by atoms with Crippen molar-refractivity contribution in [3.8, 4) is 0 Å². The summed E-state index contributed by atoms with van der Waals surface area (Å²) in [4.78, 5) is 18.3. The molecule has 1 aliphatic heterocycles. The molecule has 22 heavy (non-hydrogen) atoms. The largest absolute Gasteiger partial charge is 0.355 e. The van der Waals surface area contributed by atoms with Crippen molar-refractivity contribution in [3.63, 3.8) is 0 Å². The van der Waals surface area contributed by atoms with Gasteiger partial charge in [-0.3, -0.25) is 9.78 Å². The highest BCUT2D eigenvalue weighted by atomic mass is 35.5. The molecule has 0 spiro atoms. The third kappa shape index (κ3) is 3.51. The second-order valence-electron chi connectivity index (χ2n) is 5.20. The third-order valence-electron chi connectivity index (χ3n) is 3.76. The van der Waals surface area contributed by atoms with Gasteiger partial charge in [-0.1, -0.05) is 11.6 Å². The molecule has 1 fully saturated rings. The van der Waals surface area contributed by atoms with Gasteiger partial charge in [0.25, 0.3) is 0 Å². The van der Waals surface area contributed by atoms with Crippen LogP contribution in [0.1, 0.15) is 12.8 Å². The van der Waals surface area contributed by atoms with Crippen LogP contribution in [0.3, 0.4) is 0 Å². The fourth-order valence-electron chi connectivity index (χ4n) is 2.53. The molecule has 0 saturated carbocycles. The highest BCUT2D eigenvalue weighted by Gasteiger charge is 2.25. The summed E-state index contributed by atoms with van der Waals surface area (Å²) in [7, 11) is 0. The molecule has 1 N–H and O–H groups in total. The highest BCUT2D eigenvalue weighted by molar-refractivity contribution is 6.29. The first-order chi connectivity index (χ1) is 10.7. The molecule has 1 saturated heterocycles. The minimum absolute atomic E-state index is 0.0182. The Balaban J connectivity index is 1.55. The molecule has 2 aromatic rings. The van der Waals surface area contributed by atoms with Gasteiger partial charge in [-0.05, 0) is 37.1 Å². The summed E-state index contributed by atoms with van der Waals surface area (Å²) in [5.41, 5.74) is 0.783. The van der Waals surface area contributed by atoms with Crippen LogP contribution in [0, 0.1) is 5.92 Å². The maximum atomic E-state index is 12.3. The lowest BCUT2D eigenvalue weighted by Gasteiger charge is -2.31. The number of aromatic nitrogens is 3. The van der Waals surface area contributed by atoms with Crippen molar-refractivity contribution < 1.29 is 4.79 Å². The number of hydrogen-bond donors (Lipinski definition) is 1. The lowest BCUT2D eigenvalue weighted by Crippen LogP contribution is -2.38. The van der Waals surface area contributed by atoms with E-state index >= 15 is 0 Å². The van der Waals surface area contributed by atoms with Gasteiger partial charge in [0.2, 0.25) is 5.91 Å². The summed E-state index contributed by atoms with van der Waals surface area (Å²) in [5, 5.41) is 11.2. The van der Waals surface area contributed by atoms with Crippen LogP contribution in [0.25, 0.3) is 0 Å². The van der Waals surface area contributed by atoms with Gasteiger partial charge in [0, 0.05) is 37.1 Å². The van der Waals surface area contributed by atoms with Gasteiger partial charge in [0.05, 0.1) is 0 Å². The SMILES string of the molecule is O=C(Nc1ccncc1)C1CCN(c2ccc(Cl)nn2)CC1. The number of nitrogens with zero attached hydrogens (tertiary/aromatic N) is 4. The quantitative estimate of drug-likeness (QED) is 0.941. The van der Waals surface area contributed by atoms with Crippen molar-refractivity contribution >= 4 is 29.0 Å². The molecule has 0 aliphatic carbocycles. The van der Waals surface area contributed by atoms with E-state index in [4.69, 9.17) is 11.6 Å². The summed E-state index contributed by atoms with van der Waals surface area (Å²) >= 11 is 5.74. The minimum atomic E-state index is 0.0182. The fourth-order valence-corrected chi connectivity index (χ4v) is 2.63. The molecule has 0 aromatic carbocycles. The number of halogens is 1. The van der Waals surface area contributed by atoms with Crippen LogP contribution in [0.4, 0.5) is 11.5 Å². The van der Waals surface area contributed by atoms with Crippen LogP contribution < -0.4 is 10.2 Å². The van der Waals surface area contributed by atoms with Gasteiger partial charge in [-0.15, -0.1) is 10.2 Å². The Morgan fingerprint density at radius 2 is 1.86 bits per heavy atom. The first kappa shape index (κ1) is 14.7. The summed E-state index contributed by atoms with van der Waals surface area (Å²) in [6.07, 6.45) is 4.91. The molecule has 3 heterocycles. The maximum absolute atomic E-state index is 12.3. The van der Waals surface area contributed by atoms with Crippen molar-refractivity contribution in [1.29, 1.82) is 0 Å². The molecule has 1 aliphatic rings. The first-order valence-electron chi connectivity index (χ1n) is 7.17.